The normalized spacial score (nSPS) is 9.65. The summed E-state index contributed by atoms with van der Waals surface area (Å²) >= 11 is 0. The average molecular weight is 338 g/mol. The van der Waals surface area contributed by atoms with Crippen LogP contribution in [0.4, 0.5) is 5.69 Å². The van der Waals surface area contributed by atoms with Gasteiger partial charge in [-0.3, -0.25) is 9.78 Å². The highest BCUT2D eigenvalue weighted by atomic mass is 35.5. The standard InChI is InChI=1S/C16H19N3O3.ClH/c1-21-14-5-6-15(22-2)11(7-14)9-19-16(20)8-13-4-3-12(17)10-18-13;/h3-7,10H,8-9,17H2,1-2H3,(H,19,20);1H. The molecular weight excluding hydrogens is 318 g/mol. The number of nitrogens with two attached hydrogens (primary N) is 1. The number of pyridine rings is 1. The zero-order chi connectivity index (χ0) is 15.9. The van der Waals surface area contributed by atoms with Gasteiger partial charge in [0.15, 0.2) is 0 Å². The summed E-state index contributed by atoms with van der Waals surface area (Å²) in [6, 6.07) is 8.91. The van der Waals surface area contributed by atoms with E-state index in [2.05, 4.69) is 10.3 Å². The topological polar surface area (TPSA) is 86.5 Å². The predicted octanol–water partition coefficient (Wildman–Crippen LogP) is 1.96. The first-order valence-electron chi connectivity index (χ1n) is 6.80. The first kappa shape index (κ1) is 18.6. The van der Waals surface area contributed by atoms with Crippen molar-refractivity contribution in [3.63, 3.8) is 0 Å². The minimum atomic E-state index is -0.123. The van der Waals surface area contributed by atoms with E-state index in [1.165, 1.54) is 6.20 Å². The quantitative estimate of drug-likeness (QED) is 0.841. The number of aromatic nitrogens is 1. The Balaban J connectivity index is 0.00000264. The second-order valence-corrected chi connectivity index (χ2v) is 4.71. The van der Waals surface area contributed by atoms with Crippen LogP contribution in [0.5, 0.6) is 11.5 Å². The smallest absolute Gasteiger partial charge is 0.226 e. The van der Waals surface area contributed by atoms with Crippen molar-refractivity contribution in [2.24, 2.45) is 0 Å². The molecule has 1 amide bonds. The van der Waals surface area contributed by atoms with Crippen LogP contribution >= 0.6 is 12.4 Å². The largest absolute Gasteiger partial charge is 0.497 e. The summed E-state index contributed by atoms with van der Waals surface area (Å²) in [6.07, 6.45) is 1.74. The van der Waals surface area contributed by atoms with Crippen LogP contribution in [-0.2, 0) is 17.8 Å². The van der Waals surface area contributed by atoms with E-state index in [0.717, 1.165) is 5.56 Å². The first-order chi connectivity index (χ1) is 10.6. The van der Waals surface area contributed by atoms with Gasteiger partial charge in [0.2, 0.25) is 5.91 Å². The van der Waals surface area contributed by atoms with Crippen LogP contribution in [0.15, 0.2) is 36.5 Å². The molecule has 0 aliphatic carbocycles. The van der Waals surface area contributed by atoms with Gasteiger partial charge < -0.3 is 20.5 Å². The fourth-order valence-electron chi connectivity index (χ4n) is 1.98. The lowest BCUT2D eigenvalue weighted by Gasteiger charge is -2.11. The molecule has 0 radical (unpaired) electrons. The van der Waals surface area contributed by atoms with Gasteiger partial charge in [0, 0.05) is 17.8 Å². The number of rotatable bonds is 6. The summed E-state index contributed by atoms with van der Waals surface area (Å²) in [5, 5.41) is 2.84. The van der Waals surface area contributed by atoms with E-state index in [-0.39, 0.29) is 24.7 Å². The molecule has 7 heteroatoms. The summed E-state index contributed by atoms with van der Waals surface area (Å²) in [5.74, 6) is 1.29. The maximum absolute atomic E-state index is 12.0. The van der Waals surface area contributed by atoms with Crippen molar-refractivity contribution in [3.8, 4) is 11.5 Å². The summed E-state index contributed by atoms with van der Waals surface area (Å²) in [4.78, 5) is 16.1. The molecular formula is C16H20ClN3O3. The number of carbonyl (C=O) groups excluding carboxylic acids is 1. The summed E-state index contributed by atoms with van der Waals surface area (Å²) < 4.78 is 10.5. The Bertz CT molecular complexity index is 648. The predicted molar refractivity (Wildman–Crippen MR) is 91.0 cm³/mol. The molecule has 124 valence electrons. The molecule has 0 saturated carbocycles. The number of ether oxygens (including phenoxy) is 2. The molecule has 3 N–H and O–H groups in total. The molecule has 0 atom stereocenters. The molecule has 0 spiro atoms. The van der Waals surface area contributed by atoms with Crippen molar-refractivity contribution < 1.29 is 14.3 Å². The number of methoxy groups -OCH3 is 2. The van der Waals surface area contributed by atoms with Crippen molar-refractivity contribution in [3.05, 3.63) is 47.8 Å². The van der Waals surface area contributed by atoms with Gasteiger partial charge in [-0.1, -0.05) is 0 Å². The molecule has 2 rings (SSSR count). The second-order valence-electron chi connectivity index (χ2n) is 4.71. The molecule has 6 nitrogen and oxygen atoms in total. The number of halogens is 1. The molecule has 0 aliphatic heterocycles. The highest BCUT2D eigenvalue weighted by molar-refractivity contribution is 5.85. The molecule has 0 unspecified atom stereocenters. The van der Waals surface area contributed by atoms with E-state index in [1.807, 2.05) is 18.2 Å². The lowest BCUT2D eigenvalue weighted by atomic mass is 10.1. The zero-order valence-electron chi connectivity index (χ0n) is 13.0. The molecule has 1 aromatic heterocycles. The molecule has 2 aromatic rings. The van der Waals surface area contributed by atoms with Crippen molar-refractivity contribution in [2.75, 3.05) is 20.0 Å². The summed E-state index contributed by atoms with van der Waals surface area (Å²) in [7, 11) is 3.18. The number of carbonyl (C=O) groups is 1. The number of benzene rings is 1. The van der Waals surface area contributed by atoms with Crippen LogP contribution in [0.2, 0.25) is 0 Å². The van der Waals surface area contributed by atoms with Gasteiger partial charge in [0.1, 0.15) is 11.5 Å². The van der Waals surface area contributed by atoms with Gasteiger partial charge >= 0.3 is 0 Å². The lowest BCUT2D eigenvalue weighted by Crippen LogP contribution is -2.25. The van der Waals surface area contributed by atoms with Crippen LogP contribution in [0.3, 0.4) is 0 Å². The Morgan fingerprint density at radius 3 is 2.61 bits per heavy atom. The Morgan fingerprint density at radius 1 is 1.22 bits per heavy atom. The van der Waals surface area contributed by atoms with Gasteiger partial charge in [-0.05, 0) is 30.3 Å². The minimum absolute atomic E-state index is 0. The van der Waals surface area contributed by atoms with Gasteiger partial charge in [-0.15, -0.1) is 12.4 Å². The van der Waals surface area contributed by atoms with Gasteiger partial charge in [0.05, 0.1) is 32.5 Å². The number of amides is 1. The molecule has 1 aromatic carbocycles. The monoisotopic (exact) mass is 337 g/mol. The van der Waals surface area contributed by atoms with Crippen LogP contribution in [0, 0.1) is 0 Å². The SMILES string of the molecule is COc1ccc(OC)c(CNC(=O)Cc2ccc(N)cn2)c1.Cl. The van der Waals surface area contributed by atoms with Crippen molar-refractivity contribution in [1.82, 2.24) is 10.3 Å². The van der Waals surface area contributed by atoms with E-state index < -0.39 is 0 Å². The Morgan fingerprint density at radius 2 is 2.00 bits per heavy atom. The Hall–Kier alpha value is -2.47. The number of nitrogen functional groups attached to an aromatic ring is 1. The summed E-state index contributed by atoms with van der Waals surface area (Å²) in [6.45, 7) is 0.355. The van der Waals surface area contributed by atoms with Crippen LogP contribution in [-0.4, -0.2) is 25.1 Å². The molecule has 1 heterocycles. The van der Waals surface area contributed by atoms with E-state index in [9.17, 15) is 4.79 Å². The zero-order valence-corrected chi connectivity index (χ0v) is 13.9. The molecule has 0 aliphatic rings. The van der Waals surface area contributed by atoms with Crippen molar-refractivity contribution in [2.45, 2.75) is 13.0 Å². The second kappa shape index (κ2) is 8.85. The maximum Gasteiger partial charge on any atom is 0.226 e. The van der Waals surface area contributed by atoms with E-state index in [0.29, 0.717) is 29.4 Å². The third-order valence-electron chi connectivity index (χ3n) is 3.15. The van der Waals surface area contributed by atoms with Gasteiger partial charge in [-0.2, -0.15) is 0 Å². The number of nitrogens with zero attached hydrogens (tertiary/aromatic N) is 1. The molecule has 0 fully saturated rings. The highest BCUT2D eigenvalue weighted by Crippen LogP contribution is 2.23. The van der Waals surface area contributed by atoms with Crippen LogP contribution < -0.4 is 20.5 Å². The van der Waals surface area contributed by atoms with Crippen LogP contribution in [0.1, 0.15) is 11.3 Å². The fraction of sp³-hybridized carbons (Fsp3) is 0.250. The van der Waals surface area contributed by atoms with Gasteiger partial charge in [-0.25, -0.2) is 0 Å². The van der Waals surface area contributed by atoms with E-state index in [1.54, 1.807) is 26.4 Å². The van der Waals surface area contributed by atoms with Gasteiger partial charge in [0.25, 0.3) is 0 Å². The highest BCUT2D eigenvalue weighted by Gasteiger charge is 2.08. The minimum Gasteiger partial charge on any atom is -0.497 e. The Kier molecular flexibility index (Phi) is 7.15. The average Bonchev–Trinajstić information content (AvgIpc) is 2.54. The van der Waals surface area contributed by atoms with E-state index in [4.69, 9.17) is 15.2 Å². The fourth-order valence-corrected chi connectivity index (χ4v) is 1.98. The van der Waals surface area contributed by atoms with E-state index >= 15 is 0 Å². The summed E-state index contributed by atoms with van der Waals surface area (Å²) in [5.41, 5.74) is 7.66. The third kappa shape index (κ3) is 5.34. The number of anilines is 1. The van der Waals surface area contributed by atoms with Crippen LogP contribution in [0.25, 0.3) is 0 Å². The molecule has 0 saturated heterocycles. The third-order valence-corrected chi connectivity index (χ3v) is 3.15. The number of nitrogens with one attached hydrogen (secondary N) is 1. The molecule has 0 bridgehead atoms. The maximum atomic E-state index is 12.0. The molecule has 23 heavy (non-hydrogen) atoms. The van der Waals surface area contributed by atoms with Crippen molar-refractivity contribution in [1.29, 1.82) is 0 Å². The van der Waals surface area contributed by atoms with Crippen molar-refractivity contribution >= 4 is 24.0 Å². The first-order valence-corrected chi connectivity index (χ1v) is 6.80. The Labute approximate surface area is 141 Å². The lowest BCUT2D eigenvalue weighted by molar-refractivity contribution is -0.120. The number of hydrogen-bond acceptors (Lipinski definition) is 5. The number of hydrogen-bond donors (Lipinski definition) is 2.